The highest BCUT2D eigenvalue weighted by atomic mass is 32.2. The fraction of sp³-hybridized carbons (Fsp3) is 0.276. The van der Waals surface area contributed by atoms with Gasteiger partial charge in [0.2, 0.25) is 15.6 Å². The summed E-state index contributed by atoms with van der Waals surface area (Å²) in [5.41, 5.74) is 4.36. The van der Waals surface area contributed by atoms with Crippen LogP contribution in [-0.2, 0) is 20.3 Å². The first-order valence-corrected chi connectivity index (χ1v) is 14.3. The Labute approximate surface area is 223 Å². The van der Waals surface area contributed by atoms with Crippen LogP contribution in [0.15, 0.2) is 72.9 Å². The van der Waals surface area contributed by atoms with Crippen molar-refractivity contribution in [2.75, 3.05) is 11.0 Å². The van der Waals surface area contributed by atoms with Crippen molar-refractivity contribution < 1.29 is 17.9 Å². The van der Waals surface area contributed by atoms with Gasteiger partial charge in [-0.25, -0.2) is 18.2 Å². The molecule has 0 aliphatic heterocycles. The molecular weight excluding hydrogens is 500 g/mol. The second-order valence-corrected chi connectivity index (χ2v) is 12.2. The number of ether oxygens (including phenoxy) is 1. The van der Waals surface area contributed by atoms with Crippen LogP contribution in [0.1, 0.15) is 38.7 Å². The lowest BCUT2D eigenvalue weighted by Crippen LogP contribution is -2.52. The third kappa shape index (κ3) is 5.33. The van der Waals surface area contributed by atoms with Gasteiger partial charge in [0.05, 0.1) is 28.9 Å². The van der Waals surface area contributed by atoms with Gasteiger partial charge in [-0.3, -0.25) is 9.12 Å². The average Bonchev–Trinajstić information content (AvgIpc) is 3.19. The van der Waals surface area contributed by atoms with E-state index < -0.39 is 27.3 Å². The average molecular weight is 532 g/mol. The molecule has 2 N–H and O–H groups in total. The van der Waals surface area contributed by atoms with Gasteiger partial charge in [0.15, 0.2) is 0 Å². The molecule has 0 bridgehead atoms. The fourth-order valence-corrected chi connectivity index (χ4v) is 5.38. The molecule has 5 rings (SSSR count). The number of fused-ring (bicyclic) bond motifs is 1. The summed E-state index contributed by atoms with van der Waals surface area (Å²) in [6, 6.07) is 21.4. The van der Waals surface area contributed by atoms with E-state index in [1.54, 1.807) is 32.2 Å². The van der Waals surface area contributed by atoms with Gasteiger partial charge in [-0.15, -0.1) is 0 Å². The minimum absolute atomic E-state index is 0.451. The quantitative estimate of drug-likeness (QED) is 0.295. The number of pyridine rings is 1. The van der Waals surface area contributed by atoms with Crippen LogP contribution in [0.4, 0.5) is 10.5 Å². The summed E-state index contributed by atoms with van der Waals surface area (Å²) in [7, 11) is -3.43. The lowest BCUT2D eigenvalue weighted by Gasteiger charge is -2.42. The number of carbonyl (C=O) groups is 1. The Morgan fingerprint density at radius 1 is 1.03 bits per heavy atom. The van der Waals surface area contributed by atoms with Gasteiger partial charge < -0.3 is 10.1 Å². The first-order chi connectivity index (χ1) is 17.9. The van der Waals surface area contributed by atoms with E-state index in [1.165, 1.54) is 0 Å². The summed E-state index contributed by atoms with van der Waals surface area (Å²) in [6.07, 6.45) is 5.08. The van der Waals surface area contributed by atoms with Crippen molar-refractivity contribution in [1.29, 1.82) is 0 Å². The Kier molecular flexibility index (Phi) is 6.35. The number of aromatic nitrogens is 2. The number of rotatable bonds is 7. The smallest absolute Gasteiger partial charge is 0.403 e. The number of amides is 1. The fourth-order valence-electron chi connectivity index (χ4n) is 4.83. The Bertz CT molecular complexity index is 1580. The summed E-state index contributed by atoms with van der Waals surface area (Å²) >= 11 is 0. The van der Waals surface area contributed by atoms with Crippen molar-refractivity contribution >= 4 is 27.5 Å². The molecular formula is C29H31N4O4S+. The Morgan fingerprint density at radius 3 is 2.29 bits per heavy atom. The van der Waals surface area contributed by atoms with Crippen LogP contribution in [0.3, 0.4) is 0 Å². The SMILES string of the molecule is [CH2+]C(C)(C)OC(=O)NC1(c2ccc(-c3nc4ccc(NS(C)(=O)=O)cn4c3-c3ccccc3)cc2)CCC1. The lowest BCUT2D eigenvalue weighted by molar-refractivity contribution is 0.0525. The molecule has 0 spiro atoms. The Balaban J connectivity index is 1.54. The number of hydrogen-bond donors (Lipinski definition) is 2. The molecule has 2 aromatic heterocycles. The molecule has 1 amide bonds. The van der Waals surface area contributed by atoms with Gasteiger partial charge in [0, 0.05) is 31.2 Å². The van der Waals surface area contributed by atoms with E-state index in [1.807, 2.05) is 59.0 Å². The molecule has 1 saturated carbocycles. The number of alkyl carbamates (subject to hydrolysis) is 1. The minimum Gasteiger partial charge on any atom is -0.403 e. The molecule has 0 atom stereocenters. The maximum absolute atomic E-state index is 12.5. The number of anilines is 1. The number of sulfonamides is 1. The molecule has 1 fully saturated rings. The summed E-state index contributed by atoms with van der Waals surface area (Å²) in [5, 5.41) is 3.07. The van der Waals surface area contributed by atoms with E-state index in [9.17, 15) is 13.2 Å². The normalized spacial score (nSPS) is 15.0. The molecule has 0 radical (unpaired) electrons. The predicted octanol–water partition coefficient (Wildman–Crippen LogP) is 5.76. The topological polar surface area (TPSA) is 102 Å². The van der Waals surface area contributed by atoms with E-state index in [-0.39, 0.29) is 0 Å². The zero-order chi connectivity index (χ0) is 27.1. The monoisotopic (exact) mass is 531 g/mol. The van der Waals surface area contributed by atoms with Crippen LogP contribution in [0.2, 0.25) is 0 Å². The lowest BCUT2D eigenvalue weighted by atomic mass is 9.71. The first kappa shape index (κ1) is 25.7. The van der Waals surface area contributed by atoms with Gasteiger partial charge in [-0.05, 0) is 37.0 Å². The first-order valence-electron chi connectivity index (χ1n) is 12.5. The van der Waals surface area contributed by atoms with Crippen LogP contribution in [0.5, 0.6) is 0 Å². The van der Waals surface area contributed by atoms with Crippen molar-refractivity contribution in [3.05, 3.63) is 85.4 Å². The number of hydrogen-bond acceptors (Lipinski definition) is 5. The molecule has 0 unspecified atom stereocenters. The zero-order valence-corrected chi connectivity index (χ0v) is 22.5. The van der Waals surface area contributed by atoms with Gasteiger partial charge >= 0.3 is 6.09 Å². The molecule has 8 nitrogen and oxygen atoms in total. The van der Waals surface area contributed by atoms with Crippen LogP contribution >= 0.6 is 0 Å². The van der Waals surface area contributed by atoms with Gasteiger partial charge in [-0.1, -0.05) is 54.6 Å². The molecule has 2 heterocycles. The Morgan fingerprint density at radius 2 is 1.71 bits per heavy atom. The summed E-state index contributed by atoms with van der Waals surface area (Å²) in [6.45, 7) is 7.34. The van der Waals surface area contributed by atoms with Crippen molar-refractivity contribution in [3.63, 3.8) is 0 Å². The Hall–Kier alpha value is -3.98. The second kappa shape index (κ2) is 9.40. The molecule has 0 saturated heterocycles. The maximum Gasteiger partial charge on any atom is 0.411 e. The van der Waals surface area contributed by atoms with Crippen molar-refractivity contribution in [3.8, 4) is 22.5 Å². The van der Waals surface area contributed by atoms with Crippen LogP contribution < -0.4 is 10.0 Å². The summed E-state index contributed by atoms with van der Waals surface area (Å²) in [5.74, 6) is 0. The summed E-state index contributed by atoms with van der Waals surface area (Å²) < 4.78 is 33.5. The highest BCUT2D eigenvalue weighted by molar-refractivity contribution is 7.92. The minimum atomic E-state index is -3.43. The number of carbonyl (C=O) groups excluding carboxylic acids is 1. The van der Waals surface area contributed by atoms with Gasteiger partial charge in [-0.2, -0.15) is 0 Å². The summed E-state index contributed by atoms with van der Waals surface area (Å²) in [4.78, 5) is 17.4. The van der Waals surface area contributed by atoms with E-state index in [0.717, 1.165) is 53.6 Å². The molecule has 4 aromatic rings. The van der Waals surface area contributed by atoms with Gasteiger partial charge in [0.25, 0.3) is 0 Å². The van der Waals surface area contributed by atoms with Crippen molar-refractivity contribution in [1.82, 2.24) is 14.7 Å². The third-order valence-electron chi connectivity index (χ3n) is 6.60. The van der Waals surface area contributed by atoms with Crippen molar-refractivity contribution in [2.45, 2.75) is 44.2 Å². The van der Waals surface area contributed by atoms with E-state index in [2.05, 4.69) is 17.0 Å². The standard InChI is InChI=1S/C29H30N4O4S/c1-28(2,3)37-27(34)31-29(17-8-18-29)22-13-11-20(12-14-22)25-26(21-9-6-5-7-10-21)33-19-23(32-38(4,35)36)15-16-24(33)30-25/h5-7,9-16,19,32H,1,8,17-18H2,2-4H3/p+1. The number of imidazole rings is 1. The highest BCUT2D eigenvalue weighted by Gasteiger charge is 2.41. The van der Waals surface area contributed by atoms with E-state index in [4.69, 9.17) is 9.72 Å². The van der Waals surface area contributed by atoms with Crippen LogP contribution in [0.25, 0.3) is 28.2 Å². The zero-order valence-electron chi connectivity index (χ0n) is 21.7. The molecule has 1 aliphatic rings. The van der Waals surface area contributed by atoms with Crippen LogP contribution in [0, 0.1) is 6.92 Å². The second-order valence-electron chi connectivity index (χ2n) is 10.5. The number of benzene rings is 2. The molecule has 196 valence electrons. The maximum atomic E-state index is 12.5. The molecule has 38 heavy (non-hydrogen) atoms. The highest BCUT2D eigenvalue weighted by Crippen LogP contribution is 2.42. The van der Waals surface area contributed by atoms with Crippen LogP contribution in [-0.4, -0.2) is 35.8 Å². The predicted molar refractivity (Wildman–Crippen MR) is 149 cm³/mol. The molecule has 1 aliphatic carbocycles. The van der Waals surface area contributed by atoms with Gasteiger partial charge in [0.1, 0.15) is 12.6 Å². The number of nitrogens with one attached hydrogen (secondary N) is 2. The third-order valence-corrected chi connectivity index (χ3v) is 7.20. The van der Waals surface area contributed by atoms with E-state index >= 15 is 0 Å². The van der Waals surface area contributed by atoms with Crippen molar-refractivity contribution in [2.24, 2.45) is 0 Å². The number of nitrogens with zero attached hydrogens (tertiary/aromatic N) is 2. The molecule has 9 heteroatoms. The molecule has 2 aromatic carbocycles. The van der Waals surface area contributed by atoms with E-state index in [0.29, 0.717) is 11.3 Å². The largest absolute Gasteiger partial charge is 0.411 e.